The minimum Gasteiger partial charge on any atom is -0.490 e. The van der Waals surface area contributed by atoms with E-state index in [0.29, 0.717) is 16.6 Å². The van der Waals surface area contributed by atoms with Gasteiger partial charge in [0.2, 0.25) is 0 Å². The Morgan fingerprint density at radius 2 is 1.78 bits per heavy atom. The van der Waals surface area contributed by atoms with Gasteiger partial charge in [-0.15, -0.1) is 0 Å². The van der Waals surface area contributed by atoms with Gasteiger partial charge in [-0.2, -0.15) is 0 Å². The number of nitrogens with zero attached hydrogens (tertiary/aromatic N) is 1. The van der Waals surface area contributed by atoms with Crippen molar-refractivity contribution >= 4 is 45.7 Å². The Morgan fingerprint density at radius 1 is 1.00 bits per heavy atom. The number of piperidine rings is 1. The number of fused-ring (bicyclic) bond motifs is 1. The quantitative estimate of drug-likeness (QED) is 0.403. The molecule has 0 aromatic heterocycles. The highest BCUT2D eigenvalue weighted by Gasteiger charge is 2.20. The number of benzene rings is 3. The van der Waals surface area contributed by atoms with E-state index in [-0.39, 0.29) is 12.1 Å². The van der Waals surface area contributed by atoms with E-state index in [4.69, 9.17) is 27.9 Å². The molecule has 1 aliphatic rings. The molecule has 2 N–H and O–H groups in total. The molecule has 0 atom stereocenters. The molecule has 1 saturated heterocycles. The molecular formula is C25H27Cl2N3O2. The largest absolute Gasteiger partial charge is 0.490 e. The Balaban J connectivity index is 1.14. The number of halogens is 2. The fourth-order valence-electron chi connectivity index (χ4n) is 4.00. The van der Waals surface area contributed by atoms with Crippen LogP contribution in [0.1, 0.15) is 19.3 Å². The molecule has 32 heavy (non-hydrogen) atoms. The second-order valence-corrected chi connectivity index (χ2v) is 8.81. The number of rotatable bonds is 7. The minimum atomic E-state index is -0.171. The van der Waals surface area contributed by atoms with Gasteiger partial charge >= 0.3 is 6.03 Å². The maximum atomic E-state index is 12.3. The third-order valence-corrected chi connectivity index (χ3v) is 6.44. The molecule has 0 radical (unpaired) electrons. The Kier molecular flexibility index (Phi) is 7.74. The third-order valence-electron chi connectivity index (χ3n) is 5.70. The smallest absolute Gasteiger partial charge is 0.319 e. The molecule has 7 heteroatoms. The number of amides is 2. The number of carbonyl (C=O) groups is 1. The highest BCUT2D eigenvalue weighted by molar-refractivity contribution is 6.42. The molecule has 4 rings (SSSR count). The molecule has 0 aliphatic carbocycles. The summed E-state index contributed by atoms with van der Waals surface area (Å²) < 4.78 is 6.05. The minimum absolute atomic E-state index is 0.171. The van der Waals surface area contributed by atoms with Crippen molar-refractivity contribution in [2.24, 2.45) is 0 Å². The average Bonchev–Trinajstić information content (AvgIpc) is 2.80. The lowest BCUT2D eigenvalue weighted by molar-refractivity contribution is 0.100. The van der Waals surface area contributed by atoms with Crippen molar-refractivity contribution < 1.29 is 9.53 Å². The van der Waals surface area contributed by atoms with E-state index in [2.05, 4.69) is 15.5 Å². The summed E-state index contributed by atoms with van der Waals surface area (Å²) in [5.74, 6) is 0.763. The van der Waals surface area contributed by atoms with Gasteiger partial charge in [-0.3, -0.25) is 0 Å². The first-order valence-corrected chi connectivity index (χ1v) is 11.7. The van der Waals surface area contributed by atoms with E-state index in [1.807, 2.05) is 48.5 Å². The number of hydrogen-bond acceptors (Lipinski definition) is 3. The maximum Gasteiger partial charge on any atom is 0.319 e. The van der Waals surface area contributed by atoms with Crippen LogP contribution in [-0.2, 0) is 0 Å². The van der Waals surface area contributed by atoms with Crippen LogP contribution in [0.5, 0.6) is 5.75 Å². The van der Waals surface area contributed by atoms with Gasteiger partial charge in [0.1, 0.15) is 11.9 Å². The van der Waals surface area contributed by atoms with Gasteiger partial charge in [0.25, 0.3) is 0 Å². The van der Waals surface area contributed by atoms with Crippen LogP contribution in [-0.4, -0.2) is 43.2 Å². The molecule has 1 aliphatic heterocycles. The van der Waals surface area contributed by atoms with Crippen molar-refractivity contribution in [1.82, 2.24) is 10.2 Å². The summed E-state index contributed by atoms with van der Waals surface area (Å²) in [6, 6.07) is 19.2. The van der Waals surface area contributed by atoms with Gasteiger partial charge in [-0.05, 0) is 49.4 Å². The zero-order chi connectivity index (χ0) is 22.3. The first-order chi connectivity index (χ1) is 15.6. The number of anilines is 1. The average molecular weight is 472 g/mol. The summed E-state index contributed by atoms with van der Waals surface area (Å²) in [6.07, 6.45) is 3.03. The normalized spacial score (nSPS) is 14.9. The Bertz CT molecular complexity index is 1060. The first kappa shape index (κ1) is 22.7. The highest BCUT2D eigenvalue weighted by Crippen LogP contribution is 2.28. The Labute approximate surface area is 198 Å². The van der Waals surface area contributed by atoms with E-state index in [1.165, 1.54) is 0 Å². The predicted molar refractivity (Wildman–Crippen MR) is 132 cm³/mol. The van der Waals surface area contributed by atoms with E-state index >= 15 is 0 Å². The van der Waals surface area contributed by atoms with E-state index in [0.717, 1.165) is 61.1 Å². The zero-order valence-electron chi connectivity index (χ0n) is 17.8. The van der Waals surface area contributed by atoms with Crippen molar-refractivity contribution in [2.45, 2.75) is 25.4 Å². The lowest BCUT2D eigenvalue weighted by atomic mass is 10.1. The van der Waals surface area contributed by atoms with Gasteiger partial charge in [-0.25, -0.2) is 4.79 Å². The monoisotopic (exact) mass is 471 g/mol. The maximum absolute atomic E-state index is 12.3. The summed E-state index contributed by atoms with van der Waals surface area (Å²) in [4.78, 5) is 14.7. The molecule has 1 fully saturated rings. The SMILES string of the molecule is O=C(NCCCN1CCC(Oc2ccc(Cl)c(Cl)c2)CC1)Nc1cccc2ccccc12. The number of carbonyl (C=O) groups excluding carboxylic acids is 1. The molecule has 5 nitrogen and oxygen atoms in total. The van der Waals surface area contributed by atoms with Gasteiger partial charge in [0.05, 0.1) is 15.7 Å². The van der Waals surface area contributed by atoms with E-state index in [1.54, 1.807) is 12.1 Å². The van der Waals surface area contributed by atoms with Crippen molar-refractivity contribution in [2.75, 3.05) is 31.5 Å². The summed E-state index contributed by atoms with van der Waals surface area (Å²) in [6.45, 7) is 3.55. The van der Waals surface area contributed by atoms with Gasteiger partial charge in [0, 0.05) is 31.1 Å². The third kappa shape index (κ3) is 6.06. The summed E-state index contributed by atoms with van der Waals surface area (Å²) in [5.41, 5.74) is 0.824. The topological polar surface area (TPSA) is 53.6 Å². The number of urea groups is 1. The van der Waals surface area contributed by atoms with Crippen LogP contribution >= 0.6 is 23.2 Å². The van der Waals surface area contributed by atoms with Crippen molar-refractivity contribution in [1.29, 1.82) is 0 Å². The van der Waals surface area contributed by atoms with Crippen molar-refractivity contribution in [3.05, 3.63) is 70.7 Å². The lowest BCUT2D eigenvalue weighted by Crippen LogP contribution is -2.39. The van der Waals surface area contributed by atoms with Gasteiger partial charge in [0.15, 0.2) is 0 Å². The van der Waals surface area contributed by atoms with Crippen LogP contribution in [0.4, 0.5) is 10.5 Å². The zero-order valence-corrected chi connectivity index (χ0v) is 19.3. The standard InChI is InChI=1S/C25H27Cl2N3O2/c26-22-10-9-20(17-23(22)27)32-19-11-15-30(16-12-19)14-4-13-28-25(31)29-24-8-3-6-18-5-1-2-7-21(18)24/h1-3,5-10,17,19H,4,11-16H2,(H2,28,29,31). The predicted octanol–water partition coefficient (Wildman–Crippen LogP) is 6.20. The molecular weight excluding hydrogens is 445 g/mol. The van der Waals surface area contributed by atoms with Crippen LogP contribution in [0.25, 0.3) is 10.8 Å². The molecule has 1 heterocycles. The van der Waals surface area contributed by atoms with Crippen LogP contribution < -0.4 is 15.4 Å². The number of likely N-dealkylation sites (tertiary alicyclic amines) is 1. The summed E-state index contributed by atoms with van der Waals surface area (Å²) >= 11 is 12.0. The summed E-state index contributed by atoms with van der Waals surface area (Å²) in [7, 11) is 0. The molecule has 2 amide bonds. The molecule has 0 bridgehead atoms. The number of nitrogens with one attached hydrogen (secondary N) is 2. The Hall–Kier alpha value is -2.47. The molecule has 168 valence electrons. The molecule has 0 spiro atoms. The fourth-order valence-corrected chi connectivity index (χ4v) is 4.29. The second-order valence-electron chi connectivity index (χ2n) is 8.00. The fraction of sp³-hybridized carbons (Fsp3) is 0.320. The van der Waals surface area contributed by atoms with Crippen molar-refractivity contribution in [3.8, 4) is 5.75 Å². The molecule has 0 saturated carbocycles. The molecule has 3 aromatic carbocycles. The van der Waals surface area contributed by atoms with E-state index in [9.17, 15) is 4.79 Å². The number of hydrogen-bond donors (Lipinski definition) is 2. The van der Waals surface area contributed by atoms with Gasteiger partial charge < -0.3 is 20.3 Å². The molecule has 3 aromatic rings. The van der Waals surface area contributed by atoms with Crippen LogP contribution in [0.15, 0.2) is 60.7 Å². The number of ether oxygens (including phenoxy) is 1. The lowest BCUT2D eigenvalue weighted by Gasteiger charge is -2.32. The van der Waals surface area contributed by atoms with Crippen LogP contribution in [0.3, 0.4) is 0 Å². The van der Waals surface area contributed by atoms with Crippen LogP contribution in [0, 0.1) is 0 Å². The Morgan fingerprint density at radius 3 is 2.59 bits per heavy atom. The second kappa shape index (κ2) is 10.9. The summed E-state index contributed by atoms with van der Waals surface area (Å²) in [5, 5.41) is 9.12. The highest BCUT2D eigenvalue weighted by atomic mass is 35.5. The first-order valence-electron chi connectivity index (χ1n) is 11.0. The van der Waals surface area contributed by atoms with Crippen LogP contribution in [0.2, 0.25) is 10.0 Å². The van der Waals surface area contributed by atoms with E-state index < -0.39 is 0 Å². The van der Waals surface area contributed by atoms with Crippen molar-refractivity contribution in [3.63, 3.8) is 0 Å². The molecule has 0 unspecified atom stereocenters. The van der Waals surface area contributed by atoms with Gasteiger partial charge in [-0.1, -0.05) is 59.6 Å².